The Balaban J connectivity index is 1.41. The van der Waals surface area contributed by atoms with Crippen molar-refractivity contribution in [3.63, 3.8) is 0 Å². The average molecular weight is 413 g/mol. The molecule has 0 amide bonds. The zero-order valence-corrected chi connectivity index (χ0v) is 17.5. The van der Waals surface area contributed by atoms with Crippen molar-refractivity contribution in [3.05, 3.63) is 53.5 Å². The van der Waals surface area contributed by atoms with Crippen molar-refractivity contribution in [1.82, 2.24) is 4.98 Å². The minimum Gasteiger partial charge on any atom is -0.506 e. The van der Waals surface area contributed by atoms with Crippen LogP contribution in [0, 0.1) is 0 Å². The third-order valence-electron chi connectivity index (χ3n) is 5.31. The van der Waals surface area contributed by atoms with Gasteiger partial charge in [0.15, 0.2) is 11.5 Å². The highest BCUT2D eigenvalue weighted by atomic mass is 32.1. The molecule has 0 unspecified atom stereocenters. The molecule has 1 aliphatic heterocycles. The smallest absolute Gasteiger partial charge is 0.170 e. The molecule has 3 aromatic rings. The molecule has 0 saturated carbocycles. The van der Waals surface area contributed by atoms with Crippen LogP contribution in [-0.4, -0.2) is 50.5 Å². The Labute approximate surface area is 174 Å². The van der Waals surface area contributed by atoms with Gasteiger partial charge in [-0.05, 0) is 24.3 Å². The Morgan fingerprint density at radius 1 is 1.07 bits per heavy atom. The van der Waals surface area contributed by atoms with Crippen LogP contribution in [0.1, 0.15) is 5.69 Å². The lowest BCUT2D eigenvalue weighted by Crippen LogP contribution is -3.13. The Morgan fingerprint density at radius 3 is 2.59 bits per heavy atom. The van der Waals surface area contributed by atoms with E-state index in [1.54, 1.807) is 31.6 Å². The molecule has 29 heavy (non-hydrogen) atoms. The number of benzene rings is 2. The highest BCUT2D eigenvalue weighted by Gasteiger charge is 2.23. The highest BCUT2D eigenvalue weighted by molar-refractivity contribution is 7.13. The van der Waals surface area contributed by atoms with Gasteiger partial charge in [0.1, 0.15) is 23.0 Å². The number of hydrogen-bond donors (Lipinski definition) is 2. The summed E-state index contributed by atoms with van der Waals surface area (Å²) in [5.74, 6) is 1.79. The number of quaternary nitrogens is 1. The minimum absolute atomic E-state index is 0.354. The number of nitrogens with one attached hydrogen (secondary N) is 1. The molecule has 1 aromatic heterocycles. The molecule has 2 aromatic carbocycles. The largest absolute Gasteiger partial charge is 0.506 e. The molecule has 4 rings (SSSR count). The van der Waals surface area contributed by atoms with E-state index in [0.717, 1.165) is 60.4 Å². The van der Waals surface area contributed by atoms with Crippen LogP contribution in [0.5, 0.6) is 17.2 Å². The predicted molar refractivity (Wildman–Crippen MR) is 115 cm³/mol. The van der Waals surface area contributed by atoms with Crippen LogP contribution in [0.25, 0.3) is 10.6 Å². The summed E-state index contributed by atoms with van der Waals surface area (Å²) in [6, 6.07) is 13.4. The van der Waals surface area contributed by atoms with E-state index in [-0.39, 0.29) is 0 Å². The summed E-state index contributed by atoms with van der Waals surface area (Å²) in [6.45, 7) is 4.78. The van der Waals surface area contributed by atoms with Crippen molar-refractivity contribution in [3.8, 4) is 27.8 Å². The van der Waals surface area contributed by atoms with Crippen LogP contribution in [-0.2, 0) is 6.54 Å². The summed E-state index contributed by atoms with van der Waals surface area (Å²) in [6.07, 6.45) is 0. The summed E-state index contributed by atoms with van der Waals surface area (Å²) in [5, 5.41) is 13.2. The van der Waals surface area contributed by atoms with Gasteiger partial charge in [-0.15, -0.1) is 11.3 Å². The summed E-state index contributed by atoms with van der Waals surface area (Å²) < 4.78 is 11.0. The second-order valence-corrected chi connectivity index (χ2v) is 7.95. The number of methoxy groups -OCH3 is 2. The first-order valence-electron chi connectivity index (χ1n) is 9.72. The number of aromatic nitrogens is 1. The number of phenols is 1. The lowest BCUT2D eigenvalue weighted by Gasteiger charge is -2.33. The molecule has 1 aliphatic rings. The maximum absolute atomic E-state index is 10.1. The fourth-order valence-electron chi connectivity index (χ4n) is 3.80. The van der Waals surface area contributed by atoms with Gasteiger partial charge in [0, 0.05) is 5.38 Å². The van der Waals surface area contributed by atoms with Crippen molar-refractivity contribution in [2.45, 2.75) is 6.54 Å². The van der Waals surface area contributed by atoms with Crippen LogP contribution in [0.4, 0.5) is 5.69 Å². The number of nitrogens with zero attached hydrogens (tertiary/aromatic N) is 2. The molecule has 0 spiro atoms. The fourth-order valence-corrected chi connectivity index (χ4v) is 4.64. The number of para-hydroxylation sites is 3. The monoisotopic (exact) mass is 412 g/mol. The topological polar surface area (TPSA) is 59.3 Å². The van der Waals surface area contributed by atoms with E-state index >= 15 is 0 Å². The summed E-state index contributed by atoms with van der Waals surface area (Å²) in [7, 11) is 3.30. The van der Waals surface area contributed by atoms with Crippen molar-refractivity contribution < 1.29 is 19.5 Å². The molecule has 152 valence electrons. The van der Waals surface area contributed by atoms with Crippen LogP contribution < -0.4 is 19.3 Å². The van der Waals surface area contributed by atoms with Gasteiger partial charge in [0.25, 0.3) is 0 Å². The molecular weight excluding hydrogens is 386 g/mol. The summed E-state index contributed by atoms with van der Waals surface area (Å²) in [4.78, 5) is 8.62. The molecule has 7 heteroatoms. The van der Waals surface area contributed by atoms with Gasteiger partial charge in [-0.25, -0.2) is 4.98 Å². The molecule has 6 nitrogen and oxygen atoms in total. The van der Waals surface area contributed by atoms with E-state index in [4.69, 9.17) is 14.5 Å². The van der Waals surface area contributed by atoms with Crippen LogP contribution >= 0.6 is 11.3 Å². The van der Waals surface area contributed by atoms with E-state index in [0.29, 0.717) is 11.5 Å². The maximum Gasteiger partial charge on any atom is 0.170 e. The second-order valence-electron chi connectivity index (χ2n) is 7.09. The predicted octanol–water partition coefficient (Wildman–Crippen LogP) is 2.44. The first-order valence-corrected chi connectivity index (χ1v) is 10.6. The normalized spacial score (nSPS) is 14.8. The number of anilines is 1. The van der Waals surface area contributed by atoms with Crippen molar-refractivity contribution >= 4 is 17.0 Å². The van der Waals surface area contributed by atoms with Crippen LogP contribution in [0.2, 0.25) is 0 Å². The van der Waals surface area contributed by atoms with Crippen molar-refractivity contribution in [2.75, 3.05) is 45.3 Å². The number of thiazole rings is 1. The van der Waals surface area contributed by atoms with Crippen molar-refractivity contribution in [2.24, 2.45) is 0 Å². The minimum atomic E-state index is 0.354. The zero-order valence-electron chi connectivity index (χ0n) is 16.7. The first-order chi connectivity index (χ1) is 14.2. The van der Waals surface area contributed by atoms with E-state index < -0.39 is 0 Å². The van der Waals surface area contributed by atoms with E-state index in [9.17, 15) is 5.11 Å². The lowest BCUT2D eigenvalue weighted by atomic mass is 10.2. The number of ether oxygens (including phenoxy) is 2. The van der Waals surface area contributed by atoms with Gasteiger partial charge >= 0.3 is 0 Å². The van der Waals surface area contributed by atoms with Gasteiger partial charge in [0.05, 0.1) is 51.6 Å². The zero-order chi connectivity index (χ0) is 20.2. The Kier molecular flexibility index (Phi) is 5.87. The SMILES string of the molecule is COc1cccc(-c2nc(C[NH+]3CCN(c4ccccc4O)CC3)cs2)c1OC. The molecule has 0 aliphatic carbocycles. The number of aromatic hydroxyl groups is 1. The van der Waals surface area contributed by atoms with Gasteiger partial charge in [-0.2, -0.15) is 0 Å². The first kappa shape index (κ1) is 19.5. The second kappa shape index (κ2) is 8.71. The maximum atomic E-state index is 10.1. The third kappa shape index (κ3) is 4.16. The highest BCUT2D eigenvalue weighted by Crippen LogP contribution is 2.38. The molecule has 2 N–H and O–H groups in total. The molecule has 1 saturated heterocycles. The molecular formula is C22H26N3O3S+. The molecule has 0 bridgehead atoms. The Hall–Kier alpha value is -2.77. The van der Waals surface area contributed by atoms with Crippen molar-refractivity contribution in [1.29, 1.82) is 0 Å². The van der Waals surface area contributed by atoms with Gasteiger partial charge in [-0.1, -0.05) is 18.2 Å². The Bertz CT molecular complexity index is 967. The average Bonchev–Trinajstić information content (AvgIpc) is 3.22. The number of phenolic OH excluding ortho intramolecular Hbond substituents is 1. The number of rotatable bonds is 6. The van der Waals surface area contributed by atoms with E-state index in [2.05, 4.69) is 10.3 Å². The Morgan fingerprint density at radius 2 is 1.86 bits per heavy atom. The van der Waals surface area contributed by atoms with E-state index in [1.807, 2.05) is 36.4 Å². The van der Waals surface area contributed by atoms with Crippen LogP contribution in [0.15, 0.2) is 47.8 Å². The van der Waals surface area contributed by atoms with Gasteiger partial charge in [0.2, 0.25) is 0 Å². The van der Waals surface area contributed by atoms with Gasteiger partial charge in [-0.3, -0.25) is 0 Å². The third-order valence-corrected chi connectivity index (χ3v) is 6.23. The summed E-state index contributed by atoms with van der Waals surface area (Å²) in [5.41, 5.74) is 2.98. The number of hydrogen-bond acceptors (Lipinski definition) is 6. The quantitative estimate of drug-likeness (QED) is 0.651. The molecule has 0 radical (unpaired) electrons. The fraction of sp³-hybridized carbons (Fsp3) is 0.318. The standard InChI is InChI=1S/C22H25N3O3S/c1-27-20-9-5-6-17(21(20)28-2)22-23-16(15-29-22)14-24-10-12-25(13-11-24)18-7-3-4-8-19(18)26/h3-9,15,26H,10-14H2,1-2H3/p+1. The number of piperazine rings is 1. The molecule has 0 atom stereocenters. The summed E-state index contributed by atoms with van der Waals surface area (Å²) >= 11 is 1.64. The molecule has 1 fully saturated rings. The van der Waals surface area contributed by atoms with E-state index in [1.165, 1.54) is 4.90 Å². The van der Waals surface area contributed by atoms with Gasteiger partial charge < -0.3 is 24.4 Å². The van der Waals surface area contributed by atoms with Crippen LogP contribution in [0.3, 0.4) is 0 Å². The lowest BCUT2D eigenvalue weighted by molar-refractivity contribution is -0.914. The molecule has 2 heterocycles.